The zero-order valence-corrected chi connectivity index (χ0v) is 10.1. The fourth-order valence-electron chi connectivity index (χ4n) is 1.83. The van der Waals surface area contributed by atoms with E-state index in [-0.39, 0.29) is 24.1 Å². The molecule has 0 bridgehead atoms. The van der Waals surface area contributed by atoms with Crippen LogP contribution >= 0.6 is 11.8 Å². The zero-order chi connectivity index (χ0) is 11.2. The molecule has 0 saturated carbocycles. The maximum absolute atomic E-state index is 12.1. The van der Waals surface area contributed by atoms with E-state index in [1.807, 2.05) is 20.8 Å². The second kappa shape index (κ2) is 3.40. The molecule has 2 saturated heterocycles. The predicted molar refractivity (Wildman–Crippen MR) is 60.0 cm³/mol. The second-order valence-electron chi connectivity index (χ2n) is 4.99. The lowest BCUT2D eigenvalue weighted by molar-refractivity contribution is -0.136. The Hall–Kier alpha value is -0.710. The molecule has 2 fully saturated rings. The first-order valence-corrected chi connectivity index (χ1v) is 6.23. The molecule has 4 nitrogen and oxygen atoms in total. The van der Waals surface area contributed by atoms with Crippen LogP contribution in [0.25, 0.3) is 0 Å². The van der Waals surface area contributed by atoms with Crippen LogP contribution in [0.15, 0.2) is 0 Å². The summed E-state index contributed by atoms with van der Waals surface area (Å²) in [6.07, 6.45) is 0.0359. The highest BCUT2D eigenvalue weighted by molar-refractivity contribution is 7.99. The van der Waals surface area contributed by atoms with Crippen LogP contribution in [-0.4, -0.2) is 40.5 Å². The SMILES string of the molecule is CC(C)(C)C(=O)N1C(=N)OC2CSCC21. The van der Waals surface area contributed by atoms with Gasteiger partial charge in [-0.1, -0.05) is 20.8 Å². The molecule has 0 aromatic heterocycles. The monoisotopic (exact) mass is 228 g/mol. The second-order valence-corrected chi connectivity index (χ2v) is 6.07. The van der Waals surface area contributed by atoms with Gasteiger partial charge in [0.2, 0.25) is 5.91 Å². The van der Waals surface area contributed by atoms with Crippen LogP contribution in [0, 0.1) is 10.8 Å². The van der Waals surface area contributed by atoms with Crippen molar-refractivity contribution in [3.63, 3.8) is 0 Å². The summed E-state index contributed by atoms with van der Waals surface area (Å²) < 4.78 is 5.38. The molecule has 0 aromatic carbocycles. The molecular weight excluding hydrogens is 212 g/mol. The van der Waals surface area contributed by atoms with Gasteiger partial charge < -0.3 is 4.74 Å². The van der Waals surface area contributed by atoms with E-state index in [9.17, 15) is 4.79 Å². The minimum atomic E-state index is -0.447. The number of amides is 1. The summed E-state index contributed by atoms with van der Waals surface area (Å²) >= 11 is 1.78. The number of hydrogen-bond acceptors (Lipinski definition) is 4. The van der Waals surface area contributed by atoms with Gasteiger partial charge >= 0.3 is 0 Å². The van der Waals surface area contributed by atoms with Crippen molar-refractivity contribution >= 4 is 23.7 Å². The van der Waals surface area contributed by atoms with E-state index in [2.05, 4.69) is 0 Å². The lowest BCUT2D eigenvalue weighted by atomic mass is 9.94. The fourth-order valence-corrected chi connectivity index (χ4v) is 3.10. The molecule has 5 heteroatoms. The van der Waals surface area contributed by atoms with Crippen LogP contribution in [0.5, 0.6) is 0 Å². The summed E-state index contributed by atoms with van der Waals surface area (Å²) in [5, 5.41) is 7.69. The highest BCUT2D eigenvalue weighted by Gasteiger charge is 2.48. The van der Waals surface area contributed by atoms with Gasteiger partial charge in [-0.15, -0.1) is 0 Å². The highest BCUT2D eigenvalue weighted by atomic mass is 32.2. The summed E-state index contributed by atoms with van der Waals surface area (Å²) in [4.78, 5) is 13.6. The van der Waals surface area contributed by atoms with E-state index >= 15 is 0 Å². The fraction of sp³-hybridized carbons (Fsp3) is 0.800. The summed E-state index contributed by atoms with van der Waals surface area (Å²) in [5.74, 6) is 1.76. The van der Waals surface area contributed by atoms with Crippen molar-refractivity contribution in [1.29, 1.82) is 5.41 Å². The molecule has 1 N–H and O–H groups in total. The van der Waals surface area contributed by atoms with Crippen LogP contribution in [0.4, 0.5) is 0 Å². The first-order chi connectivity index (χ1) is 6.91. The maximum Gasteiger partial charge on any atom is 0.292 e. The van der Waals surface area contributed by atoms with E-state index in [0.29, 0.717) is 0 Å². The van der Waals surface area contributed by atoms with E-state index < -0.39 is 5.41 Å². The van der Waals surface area contributed by atoms with Crippen LogP contribution in [0.2, 0.25) is 0 Å². The molecule has 15 heavy (non-hydrogen) atoms. The summed E-state index contributed by atoms with van der Waals surface area (Å²) in [7, 11) is 0. The smallest absolute Gasteiger partial charge is 0.292 e. The minimum absolute atomic E-state index is 0.0116. The molecule has 0 radical (unpaired) electrons. The van der Waals surface area contributed by atoms with Crippen LogP contribution < -0.4 is 0 Å². The average Bonchev–Trinajstić information content (AvgIpc) is 2.60. The zero-order valence-electron chi connectivity index (χ0n) is 9.24. The Morgan fingerprint density at radius 1 is 1.53 bits per heavy atom. The number of nitrogens with one attached hydrogen (secondary N) is 1. The van der Waals surface area contributed by atoms with Crippen molar-refractivity contribution < 1.29 is 9.53 Å². The Balaban J connectivity index is 2.21. The number of fused-ring (bicyclic) bond motifs is 1. The van der Waals surface area contributed by atoms with Crippen molar-refractivity contribution in [2.75, 3.05) is 11.5 Å². The quantitative estimate of drug-likeness (QED) is 0.680. The first kappa shape index (κ1) is 10.8. The molecule has 0 aliphatic carbocycles. The molecule has 2 aliphatic heterocycles. The lowest BCUT2D eigenvalue weighted by Crippen LogP contribution is -2.46. The van der Waals surface area contributed by atoms with Gasteiger partial charge in [-0.2, -0.15) is 11.8 Å². The molecule has 84 valence electrons. The number of rotatable bonds is 0. The Kier molecular flexibility index (Phi) is 2.45. The van der Waals surface area contributed by atoms with Gasteiger partial charge in [0.15, 0.2) is 0 Å². The molecule has 1 amide bonds. The van der Waals surface area contributed by atoms with Crippen LogP contribution in [0.1, 0.15) is 20.8 Å². The van der Waals surface area contributed by atoms with E-state index in [0.717, 1.165) is 11.5 Å². The summed E-state index contributed by atoms with van der Waals surface area (Å²) in [6, 6.07) is 0.111. The topological polar surface area (TPSA) is 53.4 Å². The molecule has 2 atom stereocenters. The number of nitrogens with zero attached hydrogens (tertiary/aromatic N) is 1. The molecule has 2 aliphatic rings. The maximum atomic E-state index is 12.1. The van der Waals surface area contributed by atoms with Crippen molar-refractivity contribution in [3.8, 4) is 0 Å². The predicted octanol–water partition coefficient (Wildman–Crippen LogP) is 1.31. The molecule has 2 unspecified atom stereocenters. The summed E-state index contributed by atoms with van der Waals surface area (Å²) in [6.45, 7) is 5.62. The number of thioether (sulfide) groups is 1. The lowest BCUT2D eigenvalue weighted by Gasteiger charge is -2.27. The van der Waals surface area contributed by atoms with Gasteiger partial charge in [-0.25, -0.2) is 0 Å². The number of ether oxygens (including phenoxy) is 1. The first-order valence-electron chi connectivity index (χ1n) is 5.08. The van der Waals surface area contributed by atoms with Gasteiger partial charge in [-0.05, 0) is 0 Å². The average molecular weight is 228 g/mol. The van der Waals surface area contributed by atoms with Crippen molar-refractivity contribution in [2.45, 2.75) is 32.9 Å². The molecule has 0 aromatic rings. The van der Waals surface area contributed by atoms with Gasteiger partial charge in [0, 0.05) is 16.9 Å². The van der Waals surface area contributed by atoms with Crippen molar-refractivity contribution in [2.24, 2.45) is 5.41 Å². The largest absolute Gasteiger partial charge is 0.459 e. The number of carbonyl (C=O) groups excluding carboxylic acids is 1. The Morgan fingerprint density at radius 2 is 2.20 bits per heavy atom. The number of hydrogen-bond donors (Lipinski definition) is 1. The van der Waals surface area contributed by atoms with Gasteiger partial charge in [0.05, 0.1) is 6.04 Å². The summed E-state index contributed by atoms with van der Waals surface area (Å²) in [5.41, 5.74) is -0.447. The third-order valence-electron chi connectivity index (χ3n) is 2.67. The molecular formula is C10H16N2O2S. The van der Waals surface area contributed by atoms with Gasteiger partial charge in [0.1, 0.15) is 6.10 Å². The van der Waals surface area contributed by atoms with E-state index in [4.69, 9.17) is 10.1 Å². The van der Waals surface area contributed by atoms with Crippen molar-refractivity contribution in [1.82, 2.24) is 4.90 Å². The molecule has 0 spiro atoms. The molecule has 2 rings (SSSR count). The van der Waals surface area contributed by atoms with Crippen LogP contribution in [0.3, 0.4) is 0 Å². The van der Waals surface area contributed by atoms with E-state index in [1.54, 1.807) is 11.8 Å². The van der Waals surface area contributed by atoms with Crippen LogP contribution in [-0.2, 0) is 9.53 Å². The minimum Gasteiger partial charge on any atom is -0.459 e. The third-order valence-corrected chi connectivity index (χ3v) is 3.82. The highest BCUT2D eigenvalue weighted by Crippen LogP contribution is 2.34. The number of amidine groups is 1. The Morgan fingerprint density at radius 3 is 2.80 bits per heavy atom. The third kappa shape index (κ3) is 1.73. The van der Waals surface area contributed by atoms with Gasteiger partial charge in [0.25, 0.3) is 6.02 Å². The Bertz CT molecular complexity index is 311. The Labute approximate surface area is 93.9 Å². The molecule has 2 heterocycles. The van der Waals surface area contributed by atoms with Gasteiger partial charge in [-0.3, -0.25) is 15.1 Å². The van der Waals surface area contributed by atoms with Crippen molar-refractivity contribution in [3.05, 3.63) is 0 Å². The number of carbonyl (C=O) groups is 1. The normalized spacial score (nSPS) is 30.3. The standard InChI is InChI=1S/C10H16N2O2S/c1-10(2,3)8(13)12-6-4-15-5-7(6)14-9(12)11/h6-7,11H,4-5H2,1-3H3. The van der Waals surface area contributed by atoms with E-state index in [1.165, 1.54) is 4.90 Å².